The smallest absolute Gasteiger partial charge is 0.233 e. The first-order chi connectivity index (χ1) is 15.7. The van der Waals surface area contributed by atoms with Crippen LogP contribution < -0.4 is 9.64 Å². The van der Waals surface area contributed by atoms with Crippen molar-refractivity contribution >= 4 is 32.6 Å². The van der Waals surface area contributed by atoms with Gasteiger partial charge in [0.25, 0.3) is 0 Å². The molecule has 6 nitrogen and oxygen atoms in total. The maximum atomic E-state index is 13.4. The minimum absolute atomic E-state index is 0.0780. The molecule has 1 saturated heterocycles. The summed E-state index contributed by atoms with van der Waals surface area (Å²) in [6, 6.07) is 14.0. The van der Waals surface area contributed by atoms with Crippen LogP contribution in [0.3, 0.4) is 0 Å². The van der Waals surface area contributed by atoms with Gasteiger partial charge in [0.1, 0.15) is 5.75 Å². The zero-order valence-corrected chi connectivity index (χ0v) is 19.7. The van der Waals surface area contributed by atoms with Gasteiger partial charge in [-0.15, -0.1) is 0 Å². The highest BCUT2D eigenvalue weighted by atomic mass is 32.1. The number of methoxy groups -OCH3 is 1. The fourth-order valence-electron chi connectivity index (χ4n) is 4.01. The molecule has 1 amide bonds. The Hall–Kier alpha value is -2.48. The van der Waals surface area contributed by atoms with Crippen LogP contribution in [0, 0.1) is 0 Å². The molecule has 2 heterocycles. The molecular formula is C25H31N3O3S. The molecule has 1 aliphatic heterocycles. The van der Waals surface area contributed by atoms with Gasteiger partial charge in [0.05, 0.1) is 37.0 Å². The predicted molar refractivity (Wildman–Crippen MR) is 130 cm³/mol. The summed E-state index contributed by atoms with van der Waals surface area (Å²) in [5.74, 6) is 0.871. The molecule has 0 atom stereocenters. The monoisotopic (exact) mass is 453 g/mol. The highest BCUT2D eigenvalue weighted by Crippen LogP contribution is 2.31. The fraction of sp³-hybridized carbons (Fsp3) is 0.440. The van der Waals surface area contributed by atoms with Crippen molar-refractivity contribution in [2.24, 2.45) is 0 Å². The molecule has 170 valence electrons. The van der Waals surface area contributed by atoms with E-state index >= 15 is 0 Å². The molecule has 1 aliphatic rings. The second-order valence-corrected chi connectivity index (χ2v) is 9.00. The molecule has 0 N–H and O–H groups in total. The van der Waals surface area contributed by atoms with Crippen molar-refractivity contribution in [2.45, 2.75) is 26.2 Å². The molecule has 0 radical (unpaired) electrons. The summed E-state index contributed by atoms with van der Waals surface area (Å²) in [6.07, 6.45) is 2.18. The van der Waals surface area contributed by atoms with Crippen molar-refractivity contribution in [2.75, 3.05) is 51.4 Å². The molecule has 0 unspecified atom stereocenters. The Morgan fingerprint density at radius 2 is 1.97 bits per heavy atom. The number of hydrogen-bond donors (Lipinski definition) is 0. The van der Waals surface area contributed by atoms with Gasteiger partial charge in [-0.2, -0.15) is 0 Å². The Bertz CT molecular complexity index is 1030. The van der Waals surface area contributed by atoms with Crippen LogP contribution in [0.4, 0.5) is 5.13 Å². The predicted octanol–water partition coefficient (Wildman–Crippen LogP) is 4.17. The highest BCUT2D eigenvalue weighted by Gasteiger charge is 2.21. The summed E-state index contributed by atoms with van der Waals surface area (Å²) in [7, 11) is 1.65. The van der Waals surface area contributed by atoms with Gasteiger partial charge in [0.15, 0.2) is 5.13 Å². The quantitative estimate of drug-likeness (QED) is 0.487. The van der Waals surface area contributed by atoms with E-state index in [1.807, 2.05) is 29.2 Å². The number of aryl methyl sites for hydroxylation is 1. The number of para-hydroxylation sites is 1. The number of rotatable bonds is 9. The lowest BCUT2D eigenvalue weighted by Gasteiger charge is -2.27. The SMILES string of the molecule is CCc1cccc2sc(N(CCCN3CCOCC3)C(=O)Cc3ccc(OC)cc3)nc12. The topological polar surface area (TPSA) is 54.9 Å². The average molecular weight is 454 g/mol. The third kappa shape index (κ3) is 5.46. The Morgan fingerprint density at radius 1 is 1.19 bits per heavy atom. The molecule has 7 heteroatoms. The standard InChI is InChI=1S/C25H31N3O3S/c1-3-20-6-4-7-22-24(20)26-25(32-22)28(13-5-12-27-14-16-31-17-15-27)23(29)18-19-8-10-21(30-2)11-9-19/h4,6-11H,3,5,12-18H2,1-2H3. The van der Waals surface area contributed by atoms with Crippen LogP contribution in [0.1, 0.15) is 24.5 Å². The third-order valence-corrected chi connectivity index (χ3v) is 6.92. The maximum Gasteiger partial charge on any atom is 0.233 e. The summed E-state index contributed by atoms with van der Waals surface area (Å²) in [6.45, 7) is 7.26. The lowest BCUT2D eigenvalue weighted by Crippen LogP contribution is -2.39. The number of amides is 1. The third-order valence-electron chi connectivity index (χ3n) is 5.88. The second-order valence-electron chi connectivity index (χ2n) is 7.99. The van der Waals surface area contributed by atoms with E-state index in [0.717, 1.165) is 72.4 Å². The first-order valence-corrected chi connectivity index (χ1v) is 12.1. The number of carbonyl (C=O) groups excluding carboxylic acids is 1. The van der Waals surface area contributed by atoms with E-state index < -0.39 is 0 Å². The largest absolute Gasteiger partial charge is 0.497 e. The molecule has 1 aromatic heterocycles. The van der Waals surface area contributed by atoms with E-state index in [9.17, 15) is 4.79 Å². The first kappa shape index (κ1) is 22.7. The van der Waals surface area contributed by atoms with Gasteiger partial charge in [-0.05, 0) is 42.2 Å². The van der Waals surface area contributed by atoms with Gasteiger partial charge >= 0.3 is 0 Å². The number of nitrogens with zero attached hydrogens (tertiary/aromatic N) is 3. The fourth-order valence-corrected chi connectivity index (χ4v) is 5.07. The summed E-state index contributed by atoms with van der Waals surface area (Å²) < 4.78 is 11.8. The van der Waals surface area contributed by atoms with Gasteiger partial charge in [0, 0.05) is 26.2 Å². The number of anilines is 1. The Labute approximate surface area is 193 Å². The van der Waals surface area contributed by atoms with E-state index in [1.54, 1.807) is 18.4 Å². The van der Waals surface area contributed by atoms with E-state index in [4.69, 9.17) is 14.5 Å². The van der Waals surface area contributed by atoms with E-state index in [0.29, 0.717) is 13.0 Å². The Balaban J connectivity index is 1.53. The molecule has 2 aromatic carbocycles. The molecule has 32 heavy (non-hydrogen) atoms. The Morgan fingerprint density at radius 3 is 2.69 bits per heavy atom. The number of thiazole rings is 1. The van der Waals surface area contributed by atoms with Crippen LogP contribution in [-0.4, -0.2) is 62.3 Å². The number of ether oxygens (including phenoxy) is 2. The van der Waals surface area contributed by atoms with E-state index in [2.05, 4.69) is 30.0 Å². The zero-order chi connectivity index (χ0) is 22.3. The van der Waals surface area contributed by atoms with Crippen molar-refractivity contribution < 1.29 is 14.3 Å². The summed E-state index contributed by atoms with van der Waals surface area (Å²) in [4.78, 5) is 22.6. The molecule has 4 rings (SSSR count). The molecule has 0 aliphatic carbocycles. The van der Waals surface area contributed by atoms with Gasteiger partial charge in [-0.1, -0.05) is 42.5 Å². The van der Waals surface area contributed by atoms with Crippen molar-refractivity contribution in [1.29, 1.82) is 0 Å². The van der Waals surface area contributed by atoms with Crippen LogP contribution in [0.15, 0.2) is 42.5 Å². The van der Waals surface area contributed by atoms with Crippen LogP contribution in [0.5, 0.6) is 5.75 Å². The van der Waals surface area contributed by atoms with Gasteiger partial charge in [0.2, 0.25) is 5.91 Å². The molecule has 0 bridgehead atoms. The zero-order valence-electron chi connectivity index (χ0n) is 18.9. The minimum Gasteiger partial charge on any atom is -0.497 e. The molecular weight excluding hydrogens is 422 g/mol. The van der Waals surface area contributed by atoms with Crippen LogP contribution >= 0.6 is 11.3 Å². The van der Waals surface area contributed by atoms with Crippen molar-refractivity contribution in [3.8, 4) is 5.75 Å². The lowest BCUT2D eigenvalue weighted by atomic mass is 10.1. The normalized spacial score (nSPS) is 14.6. The van der Waals surface area contributed by atoms with Crippen LogP contribution in [0.2, 0.25) is 0 Å². The van der Waals surface area contributed by atoms with Gasteiger partial charge < -0.3 is 9.47 Å². The van der Waals surface area contributed by atoms with Crippen LogP contribution in [0.25, 0.3) is 10.2 Å². The number of hydrogen-bond acceptors (Lipinski definition) is 6. The maximum absolute atomic E-state index is 13.4. The molecule has 0 spiro atoms. The Kier molecular flexibility index (Phi) is 7.73. The summed E-state index contributed by atoms with van der Waals surface area (Å²) >= 11 is 1.61. The van der Waals surface area contributed by atoms with E-state index in [-0.39, 0.29) is 5.91 Å². The molecule has 1 fully saturated rings. The highest BCUT2D eigenvalue weighted by molar-refractivity contribution is 7.22. The number of benzene rings is 2. The first-order valence-electron chi connectivity index (χ1n) is 11.3. The van der Waals surface area contributed by atoms with Gasteiger partial charge in [-0.3, -0.25) is 14.6 Å². The average Bonchev–Trinajstić information content (AvgIpc) is 3.27. The number of aromatic nitrogens is 1. The van der Waals surface area contributed by atoms with E-state index in [1.165, 1.54) is 5.56 Å². The lowest BCUT2D eigenvalue weighted by molar-refractivity contribution is -0.118. The number of morpholine rings is 1. The number of fused-ring (bicyclic) bond motifs is 1. The van der Waals surface area contributed by atoms with Gasteiger partial charge in [-0.25, -0.2) is 4.98 Å². The molecule has 3 aromatic rings. The summed E-state index contributed by atoms with van der Waals surface area (Å²) in [5.41, 5.74) is 3.22. The summed E-state index contributed by atoms with van der Waals surface area (Å²) in [5, 5.41) is 0.793. The van der Waals surface area contributed by atoms with Crippen molar-refractivity contribution in [1.82, 2.24) is 9.88 Å². The minimum atomic E-state index is 0.0780. The molecule has 0 saturated carbocycles. The second kappa shape index (κ2) is 10.9. The number of carbonyl (C=O) groups is 1. The van der Waals surface area contributed by atoms with Crippen LogP contribution in [-0.2, 0) is 22.4 Å². The van der Waals surface area contributed by atoms with Crippen molar-refractivity contribution in [3.05, 3.63) is 53.6 Å². The van der Waals surface area contributed by atoms with Crippen molar-refractivity contribution in [3.63, 3.8) is 0 Å².